The van der Waals surface area contributed by atoms with Gasteiger partial charge < -0.3 is 5.73 Å². The Labute approximate surface area is 122 Å². The van der Waals surface area contributed by atoms with Crippen LogP contribution < -0.4 is 5.73 Å². The summed E-state index contributed by atoms with van der Waals surface area (Å²) in [6.07, 6.45) is 0. The van der Waals surface area contributed by atoms with E-state index in [1.165, 1.54) is 22.3 Å². The molecule has 0 aromatic heterocycles. The van der Waals surface area contributed by atoms with Crippen LogP contribution in [0, 0.1) is 6.92 Å². The average Bonchev–Trinajstić information content (AvgIpc) is 2.38. The van der Waals surface area contributed by atoms with Crippen molar-refractivity contribution in [3.05, 3.63) is 70.8 Å². The van der Waals surface area contributed by atoms with E-state index in [2.05, 4.69) is 57.2 Å². The molecule has 19 heavy (non-hydrogen) atoms. The van der Waals surface area contributed by atoms with Crippen LogP contribution in [0.2, 0.25) is 0 Å². The summed E-state index contributed by atoms with van der Waals surface area (Å²) >= 11 is 0. The largest absolute Gasteiger partial charge is 0.320 e. The van der Waals surface area contributed by atoms with Crippen molar-refractivity contribution in [1.29, 1.82) is 0 Å². The summed E-state index contributed by atoms with van der Waals surface area (Å²) in [5, 5.41) is 0. The summed E-state index contributed by atoms with van der Waals surface area (Å²) in [5.74, 6) is 0.564. The number of halogens is 1. The van der Waals surface area contributed by atoms with Gasteiger partial charge in [-0.15, -0.1) is 12.4 Å². The van der Waals surface area contributed by atoms with Crippen LogP contribution in [-0.4, -0.2) is 0 Å². The number of hydrogen-bond acceptors (Lipinski definition) is 1. The first-order chi connectivity index (χ1) is 8.59. The summed E-state index contributed by atoms with van der Waals surface area (Å²) in [6, 6.07) is 16.9. The molecule has 2 aromatic rings. The summed E-state index contributed by atoms with van der Waals surface area (Å²) in [7, 11) is 0. The first-order valence-electron chi connectivity index (χ1n) is 6.50. The maximum atomic E-state index is 6.34. The van der Waals surface area contributed by atoms with Crippen LogP contribution in [0.15, 0.2) is 48.5 Å². The molecule has 2 heteroatoms. The van der Waals surface area contributed by atoms with Crippen LogP contribution in [0.1, 0.15) is 48.1 Å². The highest BCUT2D eigenvalue weighted by atomic mass is 35.5. The van der Waals surface area contributed by atoms with Crippen LogP contribution in [0.5, 0.6) is 0 Å². The van der Waals surface area contributed by atoms with E-state index in [4.69, 9.17) is 5.73 Å². The topological polar surface area (TPSA) is 26.0 Å². The summed E-state index contributed by atoms with van der Waals surface area (Å²) in [5.41, 5.74) is 11.3. The molecule has 2 aromatic carbocycles. The molecule has 0 spiro atoms. The first-order valence-corrected chi connectivity index (χ1v) is 6.50. The fourth-order valence-electron chi connectivity index (χ4n) is 2.20. The molecule has 0 aliphatic rings. The van der Waals surface area contributed by atoms with Crippen LogP contribution in [0.25, 0.3) is 0 Å². The third-order valence-corrected chi connectivity index (χ3v) is 3.49. The Bertz CT molecular complexity index is 517. The Kier molecular flexibility index (Phi) is 5.59. The van der Waals surface area contributed by atoms with Crippen molar-refractivity contribution in [2.24, 2.45) is 5.73 Å². The van der Waals surface area contributed by atoms with Crippen LogP contribution in [-0.2, 0) is 0 Å². The lowest BCUT2D eigenvalue weighted by molar-refractivity contribution is 0.843. The predicted octanol–water partition coefficient (Wildman–Crippen LogP) is 4.59. The van der Waals surface area contributed by atoms with Crippen molar-refractivity contribution < 1.29 is 0 Å². The van der Waals surface area contributed by atoms with E-state index in [1.54, 1.807) is 0 Å². The average molecular weight is 276 g/mol. The van der Waals surface area contributed by atoms with E-state index in [0.29, 0.717) is 5.92 Å². The van der Waals surface area contributed by atoms with Crippen molar-refractivity contribution in [1.82, 2.24) is 0 Å². The van der Waals surface area contributed by atoms with Crippen molar-refractivity contribution in [3.8, 4) is 0 Å². The van der Waals surface area contributed by atoms with E-state index in [9.17, 15) is 0 Å². The molecular weight excluding hydrogens is 254 g/mol. The van der Waals surface area contributed by atoms with E-state index >= 15 is 0 Å². The molecule has 0 fully saturated rings. The highest BCUT2D eigenvalue weighted by molar-refractivity contribution is 5.85. The smallest absolute Gasteiger partial charge is 0.0554 e. The number of rotatable bonds is 3. The van der Waals surface area contributed by atoms with Crippen molar-refractivity contribution >= 4 is 12.4 Å². The maximum Gasteiger partial charge on any atom is 0.0554 e. The van der Waals surface area contributed by atoms with Gasteiger partial charge in [0.05, 0.1) is 6.04 Å². The Morgan fingerprint density at radius 3 is 1.89 bits per heavy atom. The second-order valence-electron chi connectivity index (χ2n) is 5.16. The van der Waals surface area contributed by atoms with Gasteiger partial charge in [-0.3, -0.25) is 0 Å². The third-order valence-electron chi connectivity index (χ3n) is 3.49. The Morgan fingerprint density at radius 2 is 1.37 bits per heavy atom. The number of nitrogens with two attached hydrogens (primary N) is 1. The minimum Gasteiger partial charge on any atom is -0.320 e. The second kappa shape index (κ2) is 6.74. The minimum atomic E-state index is -0.0348. The molecule has 0 saturated heterocycles. The predicted molar refractivity (Wildman–Crippen MR) is 85.0 cm³/mol. The highest BCUT2D eigenvalue weighted by Gasteiger charge is 2.11. The monoisotopic (exact) mass is 275 g/mol. The quantitative estimate of drug-likeness (QED) is 0.871. The van der Waals surface area contributed by atoms with Gasteiger partial charge in [0.25, 0.3) is 0 Å². The first kappa shape index (κ1) is 15.7. The van der Waals surface area contributed by atoms with E-state index in [1.807, 2.05) is 12.1 Å². The summed E-state index contributed by atoms with van der Waals surface area (Å²) in [6.45, 7) is 6.52. The van der Waals surface area contributed by atoms with Gasteiger partial charge in [-0.25, -0.2) is 0 Å². The molecule has 1 nitrogen and oxygen atoms in total. The van der Waals surface area contributed by atoms with Gasteiger partial charge in [0.1, 0.15) is 0 Å². The minimum absolute atomic E-state index is 0. The fraction of sp³-hybridized carbons (Fsp3) is 0.294. The number of hydrogen-bond donors (Lipinski definition) is 1. The maximum absolute atomic E-state index is 6.34. The molecular formula is C17H22ClN. The van der Waals surface area contributed by atoms with Crippen LogP contribution >= 0.6 is 12.4 Å². The normalized spacial score (nSPS) is 12.1. The summed E-state index contributed by atoms with van der Waals surface area (Å²) in [4.78, 5) is 0. The lowest BCUT2D eigenvalue weighted by atomic mass is 9.94. The molecule has 2 N–H and O–H groups in total. The lowest BCUT2D eigenvalue weighted by Gasteiger charge is -2.16. The SMILES string of the molecule is Cc1ccccc1[C@H](N)c1ccc(C(C)C)cc1.Cl. The zero-order valence-corrected chi connectivity index (χ0v) is 12.6. The van der Waals surface area contributed by atoms with Gasteiger partial charge in [0.2, 0.25) is 0 Å². The molecule has 2 rings (SSSR count). The van der Waals surface area contributed by atoms with E-state index in [-0.39, 0.29) is 18.4 Å². The Hall–Kier alpha value is -1.31. The van der Waals surface area contributed by atoms with Gasteiger partial charge in [0.15, 0.2) is 0 Å². The second-order valence-corrected chi connectivity index (χ2v) is 5.16. The number of benzene rings is 2. The van der Waals surface area contributed by atoms with E-state index in [0.717, 1.165) is 0 Å². The molecule has 0 aliphatic carbocycles. The van der Waals surface area contributed by atoms with Gasteiger partial charge in [-0.1, -0.05) is 62.4 Å². The van der Waals surface area contributed by atoms with Crippen molar-refractivity contribution in [3.63, 3.8) is 0 Å². The fourth-order valence-corrected chi connectivity index (χ4v) is 2.20. The van der Waals surface area contributed by atoms with Crippen molar-refractivity contribution in [2.75, 3.05) is 0 Å². The van der Waals surface area contributed by atoms with Crippen LogP contribution in [0.4, 0.5) is 0 Å². The molecule has 0 heterocycles. The van der Waals surface area contributed by atoms with Crippen LogP contribution in [0.3, 0.4) is 0 Å². The van der Waals surface area contributed by atoms with Gasteiger partial charge in [-0.05, 0) is 35.1 Å². The van der Waals surface area contributed by atoms with Crippen molar-refractivity contribution in [2.45, 2.75) is 32.7 Å². The van der Waals surface area contributed by atoms with Gasteiger partial charge in [0, 0.05) is 0 Å². The van der Waals surface area contributed by atoms with E-state index < -0.39 is 0 Å². The lowest BCUT2D eigenvalue weighted by Crippen LogP contribution is -2.13. The molecule has 0 aliphatic heterocycles. The molecule has 0 saturated carbocycles. The molecule has 0 radical (unpaired) electrons. The molecule has 1 atom stereocenters. The molecule has 102 valence electrons. The standard InChI is InChI=1S/C17H21N.ClH/c1-12(2)14-8-10-15(11-9-14)17(18)16-7-5-4-6-13(16)3;/h4-12,17H,18H2,1-3H3;1H/t17-;/m1./s1. The number of aryl methyl sites for hydroxylation is 1. The third kappa shape index (κ3) is 3.59. The Balaban J connectivity index is 0.00000180. The van der Waals surface area contributed by atoms with Gasteiger partial charge >= 0.3 is 0 Å². The van der Waals surface area contributed by atoms with Gasteiger partial charge in [-0.2, -0.15) is 0 Å². The zero-order valence-electron chi connectivity index (χ0n) is 11.8. The zero-order chi connectivity index (χ0) is 13.1. The molecule has 0 amide bonds. The molecule has 0 unspecified atom stereocenters. The molecule has 0 bridgehead atoms. The Morgan fingerprint density at radius 1 is 0.842 bits per heavy atom. The highest BCUT2D eigenvalue weighted by Crippen LogP contribution is 2.24. The summed E-state index contributed by atoms with van der Waals surface area (Å²) < 4.78 is 0.